The molecule has 0 bridgehead atoms. The minimum atomic E-state index is -0.799. The van der Waals surface area contributed by atoms with Crippen molar-refractivity contribution < 1.29 is 14.7 Å². The number of carbonyl (C=O) groups is 2. The van der Waals surface area contributed by atoms with E-state index in [4.69, 9.17) is 5.11 Å². The number of amides is 2. The predicted octanol–water partition coefficient (Wildman–Crippen LogP) is 1.59. The Hall–Kier alpha value is -0.910. The van der Waals surface area contributed by atoms with Crippen molar-refractivity contribution in [3.05, 3.63) is 0 Å². The number of carbonyl (C=O) groups excluding carboxylic acids is 1. The quantitative estimate of drug-likeness (QED) is 0.845. The first-order chi connectivity index (χ1) is 8.47. The number of urea groups is 1. The third kappa shape index (κ3) is 3.80. The van der Waals surface area contributed by atoms with Gasteiger partial charge in [-0.05, 0) is 26.0 Å². The number of aliphatic carboxylic acids is 1. The number of hydrogen-bond acceptors (Lipinski definition) is 3. The first kappa shape index (κ1) is 15.1. The van der Waals surface area contributed by atoms with Crippen molar-refractivity contribution in [2.75, 3.05) is 32.1 Å². The van der Waals surface area contributed by atoms with E-state index in [1.54, 1.807) is 28.6 Å². The van der Waals surface area contributed by atoms with Gasteiger partial charge in [-0.15, -0.1) is 0 Å². The van der Waals surface area contributed by atoms with Crippen LogP contribution in [-0.4, -0.2) is 65.1 Å². The molecule has 0 radical (unpaired) electrons. The topological polar surface area (TPSA) is 60.9 Å². The number of piperidine rings is 1. The average Bonchev–Trinajstić information content (AvgIpc) is 2.37. The number of carboxylic acid groups (broad SMARTS) is 1. The van der Waals surface area contributed by atoms with Gasteiger partial charge >= 0.3 is 12.0 Å². The predicted molar refractivity (Wildman–Crippen MR) is 72.9 cm³/mol. The maximum atomic E-state index is 12.2. The second-order valence-electron chi connectivity index (χ2n) is 4.82. The van der Waals surface area contributed by atoms with E-state index in [0.29, 0.717) is 19.5 Å². The molecule has 18 heavy (non-hydrogen) atoms. The second kappa shape index (κ2) is 6.87. The fourth-order valence-electron chi connectivity index (χ4n) is 2.12. The molecule has 1 heterocycles. The molecule has 2 amide bonds. The lowest BCUT2D eigenvalue weighted by Gasteiger charge is -2.35. The second-order valence-corrected chi connectivity index (χ2v) is 5.73. The number of hydrogen-bond donors (Lipinski definition) is 1. The molecule has 1 rings (SSSR count). The molecule has 6 heteroatoms. The van der Waals surface area contributed by atoms with Crippen LogP contribution in [0.3, 0.4) is 0 Å². The third-order valence-electron chi connectivity index (χ3n) is 3.41. The molecule has 1 aliphatic heterocycles. The highest BCUT2D eigenvalue weighted by Crippen LogP contribution is 2.18. The fourth-order valence-corrected chi connectivity index (χ4v) is 2.82. The van der Waals surface area contributed by atoms with Crippen LogP contribution in [0.2, 0.25) is 0 Å². The number of carboxylic acids is 1. The van der Waals surface area contributed by atoms with Crippen LogP contribution in [0.4, 0.5) is 4.79 Å². The molecular weight excluding hydrogens is 252 g/mol. The molecule has 0 aromatic heterocycles. The summed E-state index contributed by atoms with van der Waals surface area (Å²) in [5.41, 5.74) is 0. The lowest BCUT2D eigenvalue weighted by molar-refractivity contribution is -0.143. The van der Waals surface area contributed by atoms with E-state index in [-0.39, 0.29) is 12.1 Å². The maximum Gasteiger partial charge on any atom is 0.320 e. The van der Waals surface area contributed by atoms with Crippen molar-refractivity contribution in [2.24, 2.45) is 5.92 Å². The van der Waals surface area contributed by atoms with E-state index < -0.39 is 11.9 Å². The summed E-state index contributed by atoms with van der Waals surface area (Å²) in [6.07, 6.45) is 3.45. The van der Waals surface area contributed by atoms with Crippen molar-refractivity contribution in [1.29, 1.82) is 0 Å². The van der Waals surface area contributed by atoms with E-state index in [9.17, 15) is 9.59 Å². The van der Waals surface area contributed by atoms with Crippen LogP contribution in [-0.2, 0) is 4.79 Å². The Morgan fingerprint density at radius 3 is 2.78 bits per heavy atom. The van der Waals surface area contributed by atoms with Crippen LogP contribution in [0.25, 0.3) is 0 Å². The van der Waals surface area contributed by atoms with E-state index >= 15 is 0 Å². The summed E-state index contributed by atoms with van der Waals surface area (Å²) in [5, 5.41) is 9.01. The van der Waals surface area contributed by atoms with Crippen molar-refractivity contribution in [3.63, 3.8) is 0 Å². The Balaban J connectivity index is 2.57. The molecule has 1 aliphatic rings. The van der Waals surface area contributed by atoms with E-state index in [1.165, 1.54) is 0 Å². The molecule has 1 saturated heterocycles. The Morgan fingerprint density at radius 2 is 2.22 bits per heavy atom. The highest BCUT2D eigenvalue weighted by Gasteiger charge is 2.30. The van der Waals surface area contributed by atoms with Gasteiger partial charge in [-0.3, -0.25) is 4.79 Å². The first-order valence-electron chi connectivity index (χ1n) is 6.20. The lowest BCUT2D eigenvalue weighted by atomic mass is 9.98. The van der Waals surface area contributed by atoms with Crippen molar-refractivity contribution in [3.8, 4) is 0 Å². The van der Waals surface area contributed by atoms with Gasteiger partial charge in [0.05, 0.1) is 5.92 Å². The van der Waals surface area contributed by atoms with Gasteiger partial charge in [-0.1, -0.05) is 0 Å². The van der Waals surface area contributed by atoms with Gasteiger partial charge in [-0.25, -0.2) is 4.79 Å². The minimum absolute atomic E-state index is 0.0532. The Kier molecular flexibility index (Phi) is 5.78. The normalized spacial score (nSPS) is 21.5. The lowest BCUT2D eigenvalue weighted by Crippen LogP contribution is -2.50. The number of thioether (sulfide) groups is 1. The summed E-state index contributed by atoms with van der Waals surface area (Å²) >= 11 is 1.70. The van der Waals surface area contributed by atoms with Crippen LogP contribution in [0.1, 0.15) is 19.8 Å². The van der Waals surface area contributed by atoms with Gasteiger partial charge in [0.15, 0.2) is 0 Å². The molecule has 1 unspecified atom stereocenters. The van der Waals surface area contributed by atoms with Gasteiger partial charge in [0.2, 0.25) is 0 Å². The van der Waals surface area contributed by atoms with Crippen LogP contribution >= 0.6 is 11.8 Å². The molecule has 2 atom stereocenters. The molecular formula is C12H22N2O3S. The number of nitrogens with zero attached hydrogens (tertiary/aromatic N) is 2. The van der Waals surface area contributed by atoms with Crippen molar-refractivity contribution >= 4 is 23.8 Å². The summed E-state index contributed by atoms with van der Waals surface area (Å²) in [4.78, 5) is 26.6. The molecule has 104 valence electrons. The Labute approximate surface area is 113 Å². The standard InChI is InChI=1S/C12H22N2O3S/c1-9(8-18-3)13(2)12(17)14-6-4-5-10(7-14)11(15)16/h9-10H,4-8H2,1-3H3,(H,15,16)/t9?,10-/m1/s1. The van der Waals surface area contributed by atoms with Gasteiger partial charge in [0, 0.05) is 31.9 Å². The summed E-state index contributed by atoms with van der Waals surface area (Å²) in [6.45, 7) is 3.01. The monoisotopic (exact) mass is 274 g/mol. The van der Waals surface area contributed by atoms with Crippen LogP contribution in [0.15, 0.2) is 0 Å². The number of rotatable bonds is 4. The Morgan fingerprint density at radius 1 is 1.56 bits per heavy atom. The minimum Gasteiger partial charge on any atom is -0.481 e. The molecule has 0 aromatic carbocycles. The largest absolute Gasteiger partial charge is 0.481 e. The van der Waals surface area contributed by atoms with E-state index in [0.717, 1.165) is 12.2 Å². The first-order valence-corrected chi connectivity index (χ1v) is 7.60. The molecule has 0 saturated carbocycles. The molecule has 0 aromatic rings. The van der Waals surface area contributed by atoms with Crippen LogP contribution in [0.5, 0.6) is 0 Å². The van der Waals surface area contributed by atoms with Gasteiger partial charge in [0.1, 0.15) is 0 Å². The molecule has 0 spiro atoms. The molecule has 1 fully saturated rings. The zero-order chi connectivity index (χ0) is 13.7. The summed E-state index contributed by atoms with van der Waals surface area (Å²) in [5.74, 6) is -0.322. The molecule has 1 N–H and O–H groups in total. The van der Waals surface area contributed by atoms with Gasteiger partial charge in [0.25, 0.3) is 0 Å². The highest BCUT2D eigenvalue weighted by molar-refractivity contribution is 7.98. The SMILES string of the molecule is CSCC(C)N(C)C(=O)N1CCC[C@@H](C(=O)O)C1. The van der Waals surface area contributed by atoms with Crippen molar-refractivity contribution in [2.45, 2.75) is 25.8 Å². The summed E-state index contributed by atoms with van der Waals surface area (Å²) < 4.78 is 0. The third-order valence-corrected chi connectivity index (χ3v) is 4.23. The number of likely N-dealkylation sites (tertiary alicyclic amines) is 1. The zero-order valence-electron chi connectivity index (χ0n) is 11.3. The van der Waals surface area contributed by atoms with E-state index in [2.05, 4.69) is 0 Å². The molecule has 0 aliphatic carbocycles. The zero-order valence-corrected chi connectivity index (χ0v) is 12.1. The highest BCUT2D eigenvalue weighted by atomic mass is 32.2. The average molecular weight is 274 g/mol. The van der Waals surface area contributed by atoms with Crippen LogP contribution < -0.4 is 0 Å². The van der Waals surface area contributed by atoms with E-state index in [1.807, 2.05) is 13.2 Å². The van der Waals surface area contributed by atoms with Gasteiger partial charge in [-0.2, -0.15) is 11.8 Å². The fraction of sp³-hybridized carbons (Fsp3) is 0.833. The summed E-state index contributed by atoms with van der Waals surface area (Å²) in [7, 11) is 1.79. The van der Waals surface area contributed by atoms with Crippen molar-refractivity contribution in [1.82, 2.24) is 9.80 Å². The molecule has 5 nitrogen and oxygen atoms in total. The Bertz CT molecular complexity index is 312. The smallest absolute Gasteiger partial charge is 0.320 e. The van der Waals surface area contributed by atoms with Gasteiger partial charge < -0.3 is 14.9 Å². The van der Waals surface area contributed by atoms with Crippen LogP contribution in [0, 0.1) is 5.92 Å². The maximum absolute atomic E-state index is 12.2. The summed E-state index contributed by atoms with van der Waals surface area (Å²) in [6, 6.07) is 0.111.